The minimum atomic E-state index is 0.481. The van der Waals surface area contributed by atoms with E-state index in [1.165, 1.54) is 49.7 Å². The molecule has 0 amide bonds. The summed E-state index contributed by atoms with van der Waals surface area (Å²) >= 11 is 0. The van der Waals surface area contributed by atoms with E-state index in [0.29, 0.717) is 6.10 Å². The zero-order valence-corrected chi connectivity index (χ0v) is 13.7. The summed E-state index contributed by atoms with van der Waals surface area (Å²) in [6, 6.07) is 8.86. The van der Waals surface area contributed by atoms with Crippen molar-refractivity contribution in [3.63, 3.8) is 0 Å². The van der Waals surface area contributed by atoms with Crippen molar-refractivity contribution in [2.75, 3.05) is 6.54 Å². The van der Waals surface area contributed by atoms with Gasteiger partial charge in [0, 0.05) is 6.54 Å². The van der Waals surface area contributed by atoms with Gasteiger partial charge in [0.05, 0.1) is 12.7 Å². The minimum absolute atomic E-state index is 0.481. The van der Waals surface area contributed by atoms with Gasteiger partial charge in [0.2, 0.25) is 0 Å². The van der Waals surface area contributed by atoms with Gasteiger partial charge in [-0.05, 0) is 42.9 Å². The van der Waals surface area contributed by atoms with Gasteiger partial charge in [-0.15, -0.1) is 0 Å². The molecule has 0 aromatic heterocycles. The van der Waals surface area contributed by atoms with Crippen molar-refractivity contribution in [2.45, 2.75) is 71.6 Å². The van der Waals surface area contributed by atoms with Gasteiger partial charge in [-0.1, -0.05) is 57.4 Å². The van der Waals surface area contributed by atoms with Crippen molar-refractivity contribution in [1.29, 1.82) is 0 Å². The van der Waals surface area contributed by atoms with Gasteiger partial charge in [-0.3, -0.25) is 0 Å². The first kappa shape index (κ1) is 16.5. The Morgan fingerprint density at radius 2 is 1.86 bits per heavy atom. The van der Waals surface area contributed by atoms with Gasteiger partial charge in [-0.2, -0.15) is 0 Å². The van der Waals surface area contributed by atoms with Crippen molar-refractivity contribution >= 4 is 0 Å². The van der Waals surface area contributed by atoms with Crippen molar-refractivity contribution in [2.24, 2.45) is 5.92 Å². The molecule has 21 heavy (non-hydrogen) atoms. The molecule has 1 aromatic carbocycles. The van der Waals surface area contributed by atoms with Crippen LogP contribution in [0.1, 0.15) is 63.5 Å². The molecule has 0 radical (unpaired) electrons. The smallest absolute Gasteiger partial charge is 0.0720 e. The van der Waals surface area contributed by atoms with Gasteiger partial charge in [0.25, 0.3) is 0 Å². The molecule has 0 aliphatic heterocycles. The Bertz CT molecular complexity index is 387. The van der Waals surface area contributed by atoms with E-state index in [2.05, 4.69) is 43.4 Å². The molecule has 118 valence electrons. The van der Waals surface area contributed by atoms with Crippen LogP contribution in [0.5, 0.6) is 0 Å². The van der Waals surface area contributed by atoms with Crippen LogP contribution in [0.2, 0.25) is 0 Å². The maximum Gasteiger partial charge on any atom is 0.0720 e. The van der Waals surface area contributed by atoms with Crippen LogP contribution in [0, 0.1) is 5.92 Å². The van der Waals surface area contributed by atoms with Gasteiger partial charge in [0.1, 0.15) is 0 Å². The third kappa shape index (κ3) is 5.80. The highest BCUT2D eigenvalue weighted by Crippen LogP contribution is 2.28. The molecule has 1 fully saturated rings. The molecule has 1 saturated carbocycles. The van der Waals surface area contributed by atoms with Crippen LogP contribution < -0.4 is 5.32 Å². The summed E-state index contributed by atoms with van der Waals surface area (Å²) in [4.78, 5) is 0. The quantitative estimate of drug-likeness (QED) is 0.702. The lowest BCUT2D eigenvalue weighted by atomic mass is 9.85. The maximum atomic E-state index is 6.12. The summed E-state index contributed by atoms with van der Waals surface area (Å²) in [6.45, 7) is 7.32. The van der Waals surface area contributed by atoms with Crippen molar-refractivity contribution < 1.29 is 4.74 Å². The zero-order valence-electron chi connectivity index (χ0n) is 13.7. The number of hydrogen-bond acceptors (Lipinski definition) is 2. The summed E-state index contributed by atoms with van der Waals surface area (Å²) in [5.41, 5.74) is 2.66. The van der Waals surface area contributed by atoms with E-state index in [-0.39, 0.29) is 0 Å². The van der Waals surface area contributed by atoms with Gasteiger partial charge >= 0.3 is 0 Å². The fourth-order valence-corrected chi connectivity index (χ4v) is 3.14. The fraction of sp³-hybridized carbons (Fsp3) is 0.684. The van der Waals surface area contributed by atoms with E-state index in [1.807, 2.05) is 0 Å². The number of rotatable bonds is 8. The van der Waals surface area contributed by atoms with Crippen LogP contribution in [0.4, 0.5) is 0 Å². The molecule has 2 unspecified atom stereocenters. The molecule has 2 nitrogen and oxygen atoms in total. The lowest BCUT2D eigenvalue weighted by Gasteiger charge is -2.28. The van der Waals surface area contributed by atoms with E-state index < -0.39 is 0 Å². The number of nitrogens with one attached hydrogen (secondary N) is 1. The second-order valence-electron chi connectivity index (χ2n) is 6.37. The number of ether oxygens (including phenoxy) is 1. The summed E-state index contributed by atoms with van der Waals surface area (Å²) in [5.74, 6) is 0.885. The van der Waals surface area contributed by atoms with E-state index in [1.54, 1.807) is 0 Å². The van der Waals surface area contributed by atoms with Crippen molar-refractivity contribution in [3.8, 4) is 0 Å². The number of benzene rings is 1. The Hall–Kier alpha value is -0.860. The molecule has 2 rings (SSSR count). The Morgan fingerprint density at radius 1 is 1.10 bits per heavy atom. The summed E-state index contributed by atoms with van der Waals surface area (Å²) < 4.78 is 6.12. The molecule has 0 saturated heterocycles. The molecule has 0 heterocycles. The summed E-state index contributed by atoms with van der Waals surface area (Å²) in [5, 5.41) is 3.43. The lowest BCUT2D eigenvalue weighted by molar-refractivity contribution is 0.00176. The van der Waals surface area contributed by atoms with Crippen LogP contribution in [-0.2, 0) is 17.9 Å². The first-order chi connectivity index (χ1) is 10.3. The number of hydrogen-bond donors (Lipinski definition) is 1. The lowest BCUT2D eigenvalue weighted by Crippen LogP contribution is -2.22. The van der Waals surface area contributed by atoms with E-state index in [0.717, 1.165) is 25.6 Å². The Balaban J connectivity index is 1.73. The predicted octanol–water partition coefficient (Wildman–Crippen LogP) is 4.67. The molecular weight excluding hydrogens is 258 g/mol. The molecule has 1 aliphatic carbocycles. The van der Waals surface area contributed by atoms with E-state index in [9.17, 15) is 0 Å². The largest absolute Gasteiger partial charge is 0.374 e. The molecule has 1 N–H and O–H groups in total. The van der Waals surface area contributed by atoms with Gasteiger partial charge < -0.3 is 10.1 Å². The minimum Gasteiger partial charge on any atom is -0.374 e. The second kappa shape index (κ2) is 9.22. The fourth-order valence-electron chi connectivity index (χ4n) is 3.14. The average molecular weight is 289 g/mol. The average Bonchev–Trinajstić information content (AvgIpc) is 2.54. The van der Waals surface area contributed by atoms with Crippen LogP contribution >= 0.6 is 0 Å². The standard InChI is InChI=1S/C19H31NO/c1-3-12-20-14-17-8-10-18(11-9-17)15-21-19-7-5-6-16(4-2)13-19/h8-11,16,19-20H,3-7,12-15H2,1-2H3. The molecule has 1 aliphatic rings. The Kier molecular flexibility index (Phi) is 7.25. The SMILES string of the molecule is CCCNCc1ccc(COC2CCCC(CC)C2)cc1. The first-order valence-electron chi connectivity index (χ1n) is 8.72. The second-order valence-corrected chi connectivity index (χ2v) is 6.37. The topological polar surface area (TPSA) is 21.3 Å². The zero-order chi connectivity index (χ0) is 14.9. The third-order valence-electron chi connectivity index (χ3n) is 4.58. The van der Waals surface area contributed by atoms with Crippen molar-refractivity contribution in [3.05, 3.63) is 35.4 Å². The Morgan fingerprint density at radius 3 is 2.57 bits per heavy atom. The highest BCUT2D eigenvalue weighted by Gasteiger charge is 2.20. The van der Waals surface area contributed by atoms with Crippen LogP contribution in [0.25, 0.3) is 0 Å². The highest BCUT2D eigenvalue weighted by atomic mass is 16.5. The van der Waals surface area contributed by atoms with E-state index in [4.69, 9.17) is 4.74 Å². The monoisotopic (exact) mass is 289 g/mol. The Labute approximate surface area is 130 Å². The van der Waals surface area contributed by atoms with Crippen LogP contribution in [0.15, 0.2) is 24.3 Å². The summed E-state index contributed by atoms with van der Waals surface area (Å²) in [6.07, 6.45) is 8.21. The molecular formula is C19H31NO. The molecule has 2 heteroatoms. The van der Waals surface area contributed by atoms with Crippen LogP contribution in [-0.4, -0.2) is 12.6 Å². The summed E-state index contributed by atoms with van der Waals surface area (Å²) in [7, 11) is 0. The highest BCUT2D eigenvalue weighted by molar-refractivity contribution is 5.21. The maximum absolute atomic E-state index is 6.12. The third-order valence-corrected chi connectivity index (χ3v) is 4.58. The molecule has 2 atom stereocenters. The van der Waals surface area contributed by atoms with Gasteiger partial charge in [0.15, 0.2) is 0 Å². The van der Waals surface area contributed by atoms with E-state index >= 15 is 0 Å². The predicted molar refractivity (Wildman–Crippen MR) is 89.3 cm³/mol. The van der Waals surface area contributed by atoms with Crippen LogP contribution in [0.3, 0.4) is 0 Å². The first-order valence-corrected chi connectivity index (χ1v) is 8.72. The van der Waals surface area contributed by atoms with Gasteiger partial charge in [-0.25, -0.2) is 0 Å². The van der Waals surface area contributed by atoms with Crippen molar-refractivity contribution in [1.82, 2.24) is 5.32 Å². The molecule has 0 bridgehead atoms. The molecule has 0 spiro atoms. The molecule has 1 aromatic rings. The normalized spacial score (nSPS) is 22.4.